The molecule has 1 fully saturated rings. The highest BCUT2D eigenvalue weighted by molar-refractivity contribution is 5.94. The highest BCUT2D eigenvalue weighted by atomic mass is 16.7. The van der Waals surface area contributed by atoms with Gasteiger partial charge in [0.25, 0.3) is 5.91 Å². The normalized spacial score (nSPS) is 24.5. The molecule has 96 valence electrons. The maximum atomic E-state index is 11.9. The van der Waals surface area contributed by atoms with Gasteiger partial charge < -0.3 is 20.5 Å². The Balaban J connectivity index is 1.58. The third-order valence-electron chi connectivity index (χ3n) is 3.46. The molecule has 5 heteroatoms. The van der Waals surface area contributed by atoms with Gasteiger partial charge in [0.2, 0.25) is 6.79 Å². The van der Waals surface area contributed by atoms with Crippen LogP contribution in [0.4, 0.5) is 0 Å². The second-order valence-electron chi connectivity index (χ2n) is 4.88. The number of amides is 1. The van der Waals surface area contributed by atoms with Gasteiger partial charge in [0.05, 0.1) is 0 Å². The van der Waals surface area contributed by atoms with Crippen LogP contribution in [0.3, 0.4) is 0 Å². The number of benzene rings is 1. The Kier molecular flexibility index (Phi) is 2.83. The van der Waals surface area contributed by atoms with Crippen molar-refractivity contribution < 1.29 is 14.3 Å². The van der Waals surface area contributed by atoms with Gasteiger partial charge in [-0.15, -0.1) is 0 Å². The summed E-state index contributed by atoms with van der Waals surface area (Å²) in [6.07, 6.45) is 2.00. The highest BCUT2D eigenvalue weighted by Gasteiger charge is 2.26. The maximum absolute atomic E-state index is 11.9. The van der Waals surface area contributed by atoms with Crippen LogP contribution in [0.2, 0.25) is 0 Å². The highest BCUT2D eigenvalue weighted by Crippen LogP contribution is 2.32. The third-order valence-corrected chi connectivity index (χ3v) is 3.46. The Morgan fingerprint density at radius 2 is 2.11 bits per heavy atom. The monoisotopic (exact) mass is 248 g/mol. The van der Waals surface area contributed by atoms with Gasteiger partial charge in [0.15, 0.2) is 11.5 Å². The lowest BCUT2D eigenvalue weighted by molar-refractivity contribution is 0.0935. The molecule has 0 unspecified atom stereocenters. The number of carbonyl (C=O) groups excluding carboxylic acids is 1. The lowest BCUT2D eigenvalue weighted by Gasteiger charge is -2.32. The lowest BCUT2D eigenvalue weighted by atomic mass is 9.81. The van der Waals surface area contributed by atoms with E-state index in [2.05, 4.69) is 5.32 Å². The van der Waals surface area contributed by atoms with Gasteiger partial charge in [-0.25, -0.2) is 0 Å². The number of hydrogen-bond acceptors (Lipinski definition) is 4. The standard InChI is InChI=1S/C13H16N2O3/c14-10-3-8(4-10)6-15-13(16)9-1-2-11-12(5-9)18-7-17-11/h1-2,5,8,10H,3-4,6-7,14H2,(H,15,16). The first-order valence-electron chi connectivity index (χ1n) is 6.16. The zero-order valence-electron chi connectivity index (χ0n) is 10.0. The van der Waals surface area contributed by atoms with Gasteiger partial charge >= 0.3 is 0 Å². The number of nitrogens with one attached hydrogen (secondary N) is 1. The first-order chi connectivity index (χ1) is 8.72. The molecule has 0 aromatic heterocycles. The van der Waals surface area contributed by atoms with Crippen molar-refractivity contribution in [2.45, 2.75) is 18.9 Å². The van der Waals surface area contributed by atoms with E-state index in [0.717, 1.165) is 12.8 Å². The van der Waals surface area contributed by atoms with Crippen LogP contribution in [0.15, 0.2) is 18.2 Å². The van der Waals surface area contributed by atoms with E-state index in [0.29, 0.717) is 35.6 Å². The summed E-state index contributed by atoms with van der Waals surface area (Å²) >= 11 is 0. The summed E-state index contributed by atoms with van der Waals surface area (Å²) in [5.41, 5.74) is 6.30. The van der Waals surface area contributed by atoms with Gasteiger partial charge in [0.1, 0.15) is 0 Å². The first-order valence-corrected chi connectivity index (χ1v) is 6.16. The Labute approximate surface area is 105 Å². The molecule has 2 aliphatic rings. The van der Waals surface area contributed by atoms with Gasteiger partial charge in [-0.3, -0.25) is 4.79 Å². The van der Waals surface area contributed by atoms with Crippen molar-refractivity contribution in [1.29, 1.82) is 0 Å². The number of ether oxygens (including phenoxy) is 2. The minimum absolute atomic E-state index is 0.0752. The summed E-state index contributed by atoms with van der Waals surface area (Å²) in [6.45, 7) is 0.918. The van der Waals surface area contributed by atoms with Gasteiger partial charge in [0, 0.05) is 18.2 Å². The molecule has 1 aliphatic carbocycles. The topological polar surface area (TPSA) is 73.6 Å². The average molecular weight is 248 g/mol. The molecule has 0 atom stereocenters. The fourth-order valence-corrected chi connectivity index (χ4v) is 2.33. The molecule has 1 aliphatic heterocycles. The van der Waals surface area contributed by atoms with Gasteiger partial charge in [-0.2, -0.15) is 0 Å². The van der Waals surface area contributed by atoms with E-state index in [4.69, 9.17) is 15.2 Å². The van der Waals surface area contributed by atoms with Crippen LogP contribution < -0.4 is 20.5 Å². The lowest BCUT2D eigenvalue weighted by Crippen LogP contribution is -2.42. The van der Waals surface area contributed by atoms with Crippen LogP contribution in [0.5, 0.6) is 11.5 Å². The molecule has 18 heavy (non-hydrogen) atoms. The summed E-state index contributed by atoms with van der Waals surface area (Å²) in [5.74, 6) is 1.77. The van der Waals surface area contributed by atoms with E-state index in [9.17, 15) is 4.79 Å². The van der Waals surface area contributed by atoms with E-state index in [1.54, 1.807) is 18.2 Å². The molecule has 0 radical (unpaired) electrons. The molecule has 1 saturated carbocycles. The van der Waals surface area contributed by atoms with E-state index in [1.807, 2.05) is 0 Å². The third kappa shape index (κ3) is 2.13. The molecule has 1 amide bonds. The van der Waals surface area contributed by atoms with Crippen molar-refractivity contribution in [3.63, 3.8) is 0 Å². The molecule has 0 saturated heterocycles. The zero-order chi connectivity index (χ0) is 12.5. The van der Waals surface area contributed by atoms with E-state index in [-0.39, 0.29) is 12.7 Å². The number of rotatable bonds is 3. The van der Waals surface area contributed by atoms with E-state index in [1.165, 1.54) is 0 Å². The summed E-state index contributed by atoms with van der Waals surface area (Å²) in [7, 11) is 0. The van der Waals surface area contributed by atoms with Crippen LogP contribution in [-0.4, -0.2) is 25.3 Å². The van der Waals surface area contributed by atoms with E-state index >= 15 is 0 Å². The number of nitrogens with two attached hydrogens (primary N) is 1. The minimum Gasteiger partial charge on any atom is -0.454 e. The minimum atomic E-state index is -0.0752. The number of hydrogen-bond donors (Lipinski definition) is 2. The molecule has 1 aromatic rings. The molecule has 0 bridgehead atoms. The number of carbonyl (C=O) groups is 1. The van der Waals surface area contributed by atoms with Crippen molar-refractivity contribution in [2.24, 2.45) is 11.7 Å². The molecule has 1 aromatic carbocycles. The molecule has 3 N–H and O–H groups in total. The SMILES string of the molecule is NC1CC(CNC(=O)c2ccc3c(c2)OCO3)C1. The van der Waals surface area contributed by atoms with Crippen molar-refractivity contribution in [1.82, 2.24) is 5.32 Å². The molecular formula is C13H16N2O3. The number of fused-ring (bicyclic) bond motifs is 1. The Bertz CT molecular complexity index is 469. The fraction of sp³-hybridized carbons (Fsp3) is 0.462. The Hall–Kier alpha value is -1.75. The predicted molar refractivity (Wildman–Crippen MR) is 65.6 cm³/mol. The quantitative estimate of drug-likeness (QED) is 0.833. The fourth-order valence-electron chi connectivity index (χ4n) is 2.33. The second kappa shape index (κ2) is 4.49. The van der Waals surface area contributed by atoms with Crippen LogP contribution in [0.25, 0.3) is 0 Å². The average Bonchev–Trinajstić information content (AvgIpc) is 2.79. The molecule has 0 spiro atoms. The van der Waals surface area contributed by atoms with Crippen molar-refractivity contribution in [3.8, 4) is 11.5 Å². The van der Waals surface area contributed by atoms with Crippen LogP contribution >= 0.6 is 0 Å². The first kappa shape index (κ1) is 11.3. The largest absolute Gasteiger partial charge is 0.454 e. The van der Waals surface area contributed by atoms with Crippen LogP contribution in [0, 0.1) is 5.92 Å². The predicted octanol–water partition coefficient (Wildman–Crippen LogP) is 0.882. The van der Waals surface area contributed by atoms with Gasteiger partial charge in [-0.1, -0.05) is 0 Å². The Morgan fingerprint density at radius 3 is 2.89 bits per heavy atom. The summed E-state index contributed by atoms with van der Waals surface area (Å²) in [5, 5.41) is 2.92. The molecule has 5 nitrogen and oxygen atoms in total. The Morgan fingerprint density at radius 1 is 1.33 bits per heavy atom. The van der Waals surface area contributed by atoms with Crippen molar-refractivity contribution in [3.05, 3.63) is 23.8 Å². The van der Waals surface area contributed by atoms with Crippen molar-refractivity contribution >= 4 is 5.91 Å². The maximum Gasteiger partial charge on any atom is 0.251 e. The van der Waals surface area contributed by atoms with Gasteiger partial charge in [-0.05, 0) is 37.0 Å². The van der Waals surface area contributed by atoms with Crippen LogP contribution in [-0.2, 0) is 0 Å². The molecule has 1 heterocycles. The zero-order valence-corrected chi connectivity index (χ0v) is 10.0. The smallest absolute Gasteiger partial charge is 0.251 e. The summed E-state index contributed by atoms with van der Waals surface area (Å²) in [6, 6.07) is 5.54. The molecule has 3 rings (SSSR count). The van der Waals surface area contributed by atoms with Crippen LogP contribution in [0.1, 0.15) is 23.2 Å². The summed E-state index contributed by atoms with van der Waals surface area (Å²) in [4.78, 5) is 11.9. The van der Waals surface area contributed by atoms with E-state index < -0.39 is 0 Å². The second-order valence-corrected chi connectivity index (χ2v) is 4.88. The van der Waals surface area contributed by atoms with Crippen molar-refractivity contribution in [2.75, 3.05) is 13.3 Å². The summed E-state index contributed by atoms with van der Waals surface area (Å²) < 4.78 is 10.4. The molecular weight excluding hydrogens is 232 g/mol.